The summed E-state index contributed by atoms with van der Waals surface area (Å²) >= 11 is 0. The summed E-state index contributed by atoms with van der Waals surface area (Å²) in [5, 5.41) is 1.26. The minimum atomic E-state index is -3.27. The van der Waals surface area contributed by atoms with E-state index in [9.17, 15) is 8.42 Å². The van der Waals surface area contributed by atoms with Gasteiger partial charge in [-0.2, -0.15) is 4.31 Å². The second-order valence-electron chi connectivity index (χ2n) is 3.34. The zero-order chi connectivity index (χ0) is 12.0. The maximum atomic E-state index is 11.8. The SMILES string of the molecule is CCN(CC)S(=O)(=O)C=Cc1ccccc1. The summed E-state index contributed by atoms with van der Waals surface area (Å²) in [6.07, 6.45) is 1.62. The molecule has 16 heavy (non-hydrogen) atoms. The van der Waals surface area contributed by atoms with Crippen molar-refractivity contribution in [1.82, 2.24) is 4.31 Å². The van der Waals surface area contributed by atoms with Crippen molar-refractivity contribution in [2.24, 2.45) is 0 Å². The van der Waals surface area contributed by atoms with Crippen molar-refractivity contribution in [3.8, 4) is 0 Å². The van der Waals surface area contributed by atoms with Crippen molar-refractivity contribution < 1.29 is 8.42 Å². The molecule has 4 heteroatoms. The minimum Gasteiger partial charge on any atom is -0.208 e. The summed E-state index contributed by atoms with van der Waals surface area (Å²) in [6, 6.07) is 9.39. The molecular weight excluding hydrogens is 222 g/mol. The third kappa shape index (κ3) is 3.47. The van der Waals surface area contributed by atoms with E-state index in [1.807, 2.05) is 44.2 Å². The van der Waals surface area contributed by atoms with Crippen LogP contribution < -0.4 is 0 Å². The summed E-state index contributed by atoms with van der Waals surface area (Å²) < 4.78 is 25.0. The van der Waals surface area contributed by atoms with Crippen LogP contribution in [0.2, 0.25) is 0 Å². The van der Waals surface area contributed by atoms with E-state index in [1.54, 1.807) is 6.08 Å². The molecule has 0 aliphatic carbocycles. The number of hydrogen-bond acceptors (Lipinski definition) is 2. The fourth-order valence-electron chi connectivity index (χ4n) is 1.40. The monoisotopic (exact) mass is 239 g/mol. The third-order valence-electron chi connectivity index (χ3n) is 2.30. The maximum Gasteiger partial charge on any atom is 0.236 e. The Morgan fingerprint density at radius 1 is 1.12 bits per heavy atom. The zero-order valence-electron chi connectivity index (χ0n) is 9.63. The molecule has 88 valence electrons. The van der Waals surface area contributed by atoms with Gasteiger partial charge < -0.3 is 0 Å². The molecule has 0 aliphatic rings. The molecule has 1 rings (SSSR count). The van der Waals surface area contributed by atoms with Crippen LogP contribution in [0.4, 0.5) is 0 Å². The molecule has 0 saturated heterocycles. The largest absolute Gasteiger partial charge is 0.236 e. The Bertz CT molecular complexity index is 433. The van der Waals surface area contributed by atoms with Crippen molar-refractivity contribution in [2.45, 2.75) is 13.8 Å². The molecule has 0 unspecified atom stereocenters. The molecule has 1 aromatic carbocycles. The van der Waals surface area contributed by atoms with Crippen molar-refractivity contribution in [3.05, 3.63) is 41.3 Å². The van der Waals surface area contributed by atoms with E-state index in [2.05, 4.69) is 0 Å². The quantitative estimate of drug-likeness (QED) is 0.791. The highest BCUT2D eigenvalue weighted by Crippen LogP contribution is 2.07. The molecule has 0 saturated carbocycles. The van der Waals surface area contributed by atoms with Crippen LogP contribution in [0.25, 0.3) is 6.08 Å². The molecular formula is C12H17NO2S. The average molecular weight is 239 g/mol. The first kappa shape index (κ1) is 12.9. The highest BCUT2D eigenvalue weighted by atomic mass is 32.2. The predicted octanol–water partition coefficient (Wildman–Crippen LogP) is 2.33. The molecule has 0 bridgehead atoms. The lowest BCUT2D eigenvalue weighted by atomic mass is 10.2. The summed E-state index contributed by atoms with van der Waals surface area (Å²) in [5.41, 5.74) is 0.887. The van der Waals surface area contributed by atoms with Gasteiger partial charge in [0.05, 0.1) is 0 Å². The first-order valence-electron chi connectivity index (χ1n) is 5.33. The van der Waals surface area contributed by atoms with Crippen molar-refractivity contribution in [2.75, 3.05) is 13.1 Å². The molecule has 1 aromatic rings. The van der Waals surface area contributed by atoms with Gasteiger partial charge in [0, 0.05) is 18.5 Å². The first-order valence-corrected chi connectivity index (χ1v) is 6.83. The van der Waals surface area contributed by atoms with Gasteiger partial charge in [0.25, 0.3) is 0 Å². The van der Waals surface area contributed by atoms with E-state index in [4.69, 9.17) is 0 Å². The zero-order valence-corrected chi connectivity index (χ0v) is 10.4. The van der Waals surface area contributed by atoms with Gasteiger partial charge in [-0.25, -0.2) is 8.42 Å². The Morgan fingerprint density at radius 2 is 1.69 bits per heavy atom. The molecule has 0 amide bonds. The molecule has 0 spiro atoms. The van der Waals surface area contributed by atoms with Crippen LogP contribution in [0.1, 0.15) is 19.4 Å². The Balaban J connectivity index is 2.85. The summed E-state index contributed by atoms with van der Waals surface area (Å²) in [5.74, 6) is 0. The number of sulfonamides is 1. The molecule has 0 aliphatic heterocycles. The van der Waals surface area contributed by atoms with Crippen LogP contribution in [0.5, 0.6) is 0 Å². The van der Waals surface area contributed by atoms with E-state index in [1.165, 1.54) is 9.71 Å². The van der Waals surface area contributed by atoms with Crippen molar-refractivity contribution >= 4 is 16.1 Å². The summed E-state index contributed by atoms with van der Waals surface area (Å²) in [6.45, 7) is 4.66. The minimum absolute atomic E-state index is 0.498. The molecule has 0 radical (unpaired) electrons. The first-order chi connectivity index (χ1) is 7.60. The van der Waals surface area contributed by atoms with E-state index in [0.717, 1.165) is 5.56 Å². The Morgan fingerprint density at radius 3 is 2.19 bits per heavy atom. The van der Waals surface area contributed by atoms with Gasteiger partial charge in [-0.05, 0) is 11.6 Å². The number of hydrogen-bond donors (Lipinski definition) is 0. The van der Waals surface area contributed by atoms with Gasteiger partial charge >= 0.3 is 0 Å². The number of nitrogens with zero attached hydrogens (tertiary/aromatic N) is 1. The molecule has 3 nitrogen and oxygen atoms in total. The van der Waals surface area contributed by atoms with Gasteiger partial charge in [-0.15, -0.1) is 0 Å². The van der Waals surface area contributed by atoms with Crippen LogP contribution in [0.3, 0.4) is 0 Å². The average Bonchev–Trinajstić information content (AvgIpc) is 2.29. The topological polar surface area (TPSA) is 37.4 Å². The number of rotatable bonds is 5. The van der Waals surface area contributed by atoms with Gasteiger partial charge in [0.15, 0.2) is 0 Å². The molecule has 0 aromatic heterocycles. The van der Waals surface area contributed by atoms with Crippen molar-refractivity contribution in [1.29, 1.82) is 0 Å². The highest BCUT2D eigenvalue weighted by Gasteiger charge is 2.14. The molecule has 0 heterocycles. The van der Waals surface area contributed by atoms with Crippen LogP contribution in [0.15, 0.2) is 35.7 Å². The van der Waals surface area contributed by atoms with Crippen LogP contribution in [0, 0.1) is 0 Å². The second kappa shape index (κ2) is 5.82. The van der Waals surface area contributed by atoms with Crippen LogP contribution >= 0.6 is 0 Å². The Hall–Kier alpha value is -1.13. The van der Waals surface area contributed by atoms with Crippen LogP contribution in [-0.4, -0.2) is 25.8 Å². The van der Waals surface area contributed by atoms with Crippen molar-refractivity contribution in [3.63, 3.8) is 0 Å². The molecule has 0 fully saturated rings. The lowest BCUT2D eigenvalue weighted by Gasteiger charge is -2.15. The normalized spacial score (nSPS) is 12.4. The van der Waals surface area contributed by atoms with Crippen LogP contribution in [-0.2, 0) is 10.0 Å². The van der Waals surface area contributed by atoms with E-state index >= 15 is 0 Å². The summed E-state index contributed by atoms with van der Waals surface area (Å²) in [7, 11) is -3.27. The van der Waals surface area contributed by atoms with Gasteiger partial charge in [-0.3, -0.25) is 0 Å². The van der Waals surface area contributed by atoms with E-state index < -0.39 is 10.0 Å². The lowest BCUT2D eigenvalue weighted by Crippen LogP contribution is -2.28. The Labute approximate surface area is 97.5 Å². The standard InChI is InChI=1S/C12H17NO2S/c1-3-13(4-2)16(14,15)11-10-12-8-6-5-7-9-12/h5-11H,3-4H2,1-2H3. The predicted molar refractivity (Wildman–Crippen MR) is 67.3 cm³/mol. The van der Waals surface area contributed by atoms with E-state index in [-0.39, 0.29) is 0 Å². The Kier molecular flexibility index (Phi) is 4.71. The highest BCUT2D eigenvalue weighted by molar-refractivity contribution is 7.92. The third-order valence-corrected chi connectivity index (χ3v) is 4.01. The van der Waals surface area contributed by atoms with E-state index in [0.29, 0.717) is 13.1 Å². The fraction of sp³-hybridized carbons (Fsp3) is 0.333. The smallest absolute Gasteiger partial charge is 0.208 e. The van der Waals surface area contributed by atoms with Gasteiger partial charge in [0.2, 0.25) is 10.0 Å². The second-order valence-corrected chi connectivity index (χ2v) is 5.16. The molecule has 0 N–H and O–H groups in total. The van der Waals surface area contributed by atoms with Gasteiger partial charge in [-0.1, -0.05) is 44.2 Å². The maximum absolute atomic E-state index is 11.8. The lowest BCUT2D eigenvalue weighted by molar-refractivity contribution is 0.453. The number of benzene rings is 1. The van der Waals surface area contributed by atoms with Gasteiger partial charge in [0.1, 0.15) is 0 Å². The fourth-order valence-corrected chi connectivity index (χ4v) is 2.62. The summed E-state index contributed by atoms with van der Waals surface area (Å²) in [4.78, 5) is 0. The molecule has 0 atom stereocenters.